The second-order valence-electron chi connectivity index (χ2n) is 7.88. The molecule has 1 aromatic carbocycles. The van der Waals surface area contributed by atoms with Crippen LogP contribution in [0, 0.1) is 0 Å². The molecule has 5 nitrogen and oxygen atoms in total. The van der Waals surface area contributed by atoms with Crippen LogP contribution in [-0.4, -0.2) is 58.9 Å². The number of hydrogen-bond donors (Lipinski definition) is 1. The van der Waals surface area contributed by atoms with Crippen LogP contribution in [-0.2, 0) is 9.53 Å². The Morgan fingerprint density at radius 3 is 2.19 bits per heavy atom. The molecule has 3 N–H and O–H groups in total. The molecule has 148 valence electrons. The average molecular weight is 430 g/mol. The molecule has 2 fully saturated rings. The van der Waals surface area contributed by atoms with E-state index in [1.54, 1.807) is 0 Å². The van der Waals surface area contributed by atoms with Gasteiger partial charge in [-0.25, -0.2) is 0 Å². The summed E-state index contributed by atoms with van der Waals surface area (Å²) < 4.78 is 6.96. The Hall–Kier alpha value is -0.950. The predicted octanol–water partition coefficient (Wildman–Crippen LogP) is -0.967. The average Bonchev–Trinajstić information content (AvgIpc) is 2.74. The first kappa shape index (κ1) is 23.1. The van der Waals surface area contributed by atoms with E-state index in [2.05, 4.69) is 20.9 Å². The van der Waals surface area contributed by atoms with Crippen LogP contribution >= 0.6 is 0 Å². The third kappa shape index (κ3) is 4.14. The number of halogens is 1. The summed E-state index contributed by atoms with van der Waals surface area (Å²) in [5.41, 5.74) is 0.826. The Bertz CT molecular complexity index is 566. The van der Waals surface area contributed by atoms with Crippen molar-refractivity contribution >= 4 is 5.97 Å². The number of fused-ring (bicyclic) bond motifs is 2. The normalized spacial score (nSPS) is 30.9. The van der Waals surface area contributed by atoms with Gasteiger partial charge in [0, 0.05) is 25.7 Å². The van der Waals surface area contributed by atoms with Gasteiger partial charge in [-0.3, -0.25) is 4.79 Å². The SMILES string of the molecule is CC(C)[N+]1(C)C2CC[C@@H]1CC(OC(=O)[C@@H](CO)c1ccccc1)C2.O.[Br-]. The molecule has 3 rings (SSSR count). The molecule has 1 aromatic rings. The molecule has 0 amide bonds. The van der Waals surface area contributed by atoms with Crippen molar-refractivity contribution in [1.82, 2.24) is 0 Å². The fraction of sp³-hybridized carbons (Fsp3) is 0.650. The van der Waals surface area contributed by atoms with Gasteiger partial charge in [-0.15, -0.1) is 0 Å². The highest BCUT2D eigenvalue weighted by Gasteiger charge is 2.53. The van der Waals surface area contributed by atoms with E-state index in [4.69, 9.17) is 4.74 Å². The maximum absolute atomic E-state index is 12.6. The minimum Gasteiger partial charge on any atom is -1.00 e. The highest BCUT2D eigenvalue weighted by Crippen LogP contribution is 2.44. The Morgan fingerprint density at radius 2 is 1.73 bits per heavy atom. The molecule has 2 bridgehead atoms. The van der Waals surface area contributed by atoms with Crippen molar-refractivity contribution in [2.45, 2.75) is 69.7 Å². The summed E-state index contributed by atoms with van der Waals surface area (Å²) in [5.74, 6) is -0.856. The van der Waals surface area contributed by atoms with Gasteiger partial charge in [-0.05, 0) is 19.4 Å². The predicted molar refractivity (Wildman–Crippen MR) is 97.1 cm³/mol. The number of carbonyl (C=O) groups excluding carboxylic acids is 1. The lowest BCUT2D eigenvalue weighted by atomic mass is 9.94. The van der Waals surface area contributed by atoms with Crippen molar-refractivity contribution in [1.29, 1.82) is 0 Å². The number of benzene rings is 1. The minimum absolute atomic E-state index is 0. The molecular formula is C20H32BrNO4. The van der Waals surface area contributed by atoms with Crippen LogP contribution < -0.4 is 17.0 Å². The van der Waals surface area contributed by atoms with Gasteiger partial charge in [-0.2, -0.15) is 0 Å². The summed E-state index contributed by atoms with van der Waals surface area (Å²) >= 11 is 0. The van der Waals surface area contributed by atoms with Gasteiger partial charge < -0.3 is 36.8 Å². The van der Waals surface area contributed by atoms with Crippen LogP contribution in [0.5, 0.6) is 0 Å². The Morgan fingerprint density at radius 1 is 1.19 bits per heavy atom. The first-order valence-electron chi connectivity index (χ1n) is 9.18. The van der Waals surface area contributed by atoms with Crippen molar-refractivity contribution in [3.63, 3.8) is 0 Å². The molecule has 6 heteroatoms. The summed E-state index contributed by atoms with van der Waals surface area (Å²) in [6.45, 7) is 4.39. The summed E-state index contributed by atoms with van der Waals surface area (Å²) in [4.78, 5) is 12.6. The van der Waals surface area contributed by atoms with E-state index in [-0.39, 0.29) is 41.1 Å². The zero-order valence-corrected chi connectivity index (χ0v) is 17.5. The zero-order chi connectivity index (χ0) is 17.3. The molecule has 0 spiro atoms. The summed E-state index contributed by atoms with van der Waals surface area (Å²) in [5, 5.41) is 9.65. The van der Waals surface area contributed by atoms with Crippen molar-refractivity contribution in [3.05, 3.63) is 35.9 Å². The van der Waals surface area contributed by atoms with Gasteiger partial charge in [0.2, 0.25) is 0 Å². The number of hydrogen-bond acceptors (Lipinski definition) is 3. The molecule has 2 saturated heterocycles. The fourth-order valence-electron chi connectivity index (χ4n) is 4.82. The van der Waals surface area contributed by atoms with E-state index >= 15 is 0 Å². The lowest BCUT2D eigenvalue weighted by molar-refractivity contribution is -0.968. The first-order chi connectivity index (χ1) is 11.5. The molecule has 2 aliphatic rings. The number of rotatable bonds is 5. The van der Waals surface area contributed by atoms with Crippen molar-refractivity contribution in [2.24, 2.45) is 0 Å². The smallest absolute Gasteiger partial charge is 0.316 e. The van der Waals surface area contributed by atoms with Crippen LogP contribution in [0.25, 0.3) is 0 Å². The molecule has 0 aromatic heterocycles. The maximum Gasteiger partial charge on any atom is 0.316 e. The van der Waals surface area contributed by atoms with E-state index in [0.29, 0.717) is 18.1 Å². The highest BCUT2D eigenvalue weighted by molar-refractivity contribution is 5.78. The molecule has 26 heavy (non-hydrogen) atoms. The van der Waals surface area contributed by atoms with Gasteiger partial charge >= 0.3 is 5.97 Å². The van der Waals surface area contributed by atoms with Gasteiger partial charge in [0.25, 0.3) is 0 Å². The number of aliphatic hydroxyl groups excluding tert-OH is 1. The number of carbonyl (C=O) groups is 1. The van der Waals surface area contributed by atoms with Crippen LogP contribution in [0.3, 0.4) is 0 Å². The molecule has 5 atom stereocenters. The molecule has 3 unspecified atom stereocenters. The standard InChI is InChI=1S/C20H30NO3.BrH.H2O/c1-14(2)21(3)16-9-10-17(21)12-18(11-16)24-20(23)19(13-22)15-7-5-4-6-8-15;;/h4-8,14,16-19,22H,9-13H2,1-3H3;1H;1H2/q+1;;/p-1/t16-,17?,18?,19+,21?;;/m1../s1. The van der Waals surface area contributed by atoms with Crippen LogP contribution in [0.4, 0.5) is 0 Å². The monoisotopic (exact) mass is 429 g/mol. The summed E-state index contributed by atoms with van der Waals surface area (Å²) in [7, 11) is 2.37. The second kappa shape index (κ2) is 9.31. The molecular weight excluding hydrogens is 398 g/mol. The molecule has 0 saturated carbocycles. The van der Waals surface area contributed by atoms with Gasteiger partial charge in [-0.1, -0.05) is 30.3 Å². The molecule has 0 radical (unpaired) electrons. The van der Waals surface area contributed by atoms with Gasteiger partial charge in [0.05, 0.1) is 31.8 Å². The number of aliphatic hydroxyl groups is 1. The third-order valence-electron chi connectivity index (χ3n) is 6.54. The van der Waals surface area contributed by atoms with Crippen LogP contribution in [0.2, 0.25) is 0 Å². The Kier molecular flexibility index (Phi) is 8.27. The molecule has 2 heterocycles. The highest BCUT2D eigenvalue weighted by atomic mass is 79.9. The van der Waals surface area contributed by atoms with Crippen LogP contribution in [0.1, 0.15) is 51.0 Å². The van der Waals surface area contributed by atoms with Crippen molar-refractivity contribution in [2.75, 3.05) is 13.7 Å². The fourth-order valence-corrected chi connectivity index (χ4v) is 4.82. The Balaban J connectivity index is 0.00000169. The van der Waals surface area contributed by atoms with Crippen molar-refractivity contribution in [3.8, 4) is 0 Å². The van der Waals surface area contributed by atoms with E-state index < -0.39 is 5.92 Å². The van der Waals surface area contributed by atoms with Gasteiger partial charge in [0.15, 0.2) is 0 Å². The number of esters is 1. The third-order valence-corrected chi connectivity index (χ3v) is 6.54. The quantitative estimate of drug-likeness (QED) is 0.483. The summed E-state index contributed by atoms with van der Waals surface area (Å²) in [6, 6.07) is 11.2. The lowest BCUT2D eigenvalue weighted by Crippen LogP contribution is -3.00. The summed E-state index contributed by atoms with van der Waals surface area (Å²) in [6.07, 6.45) is 4.36. The van der Waals surface area contributed by atoms with E-state index in [1.165, 1.54) is 12.8 Å². The van der Waals surface area contributed by atoms with E-state index in [9.17, 15) is 9.90 Å². The lowest BCUT2D eigenvalue weighted by Gasteiger charge is -2.49. The van der Waals surface area contributed by atoms with Crippen LogP contribution in [0.15, 0.2) is 30.3 Å². The molecule has 2 aliphatic heterocycles. The van der Waals surface area contributed by atoms with Crippen molar-refractivity contribution < 1.29 is 41.6 Å². The second-order valence-corrected chi connectivity index (χ2v) is 7.88. The number of quaternary nitrogens is 1. The largest absolute Gasteiger partial charge is 1.00 e. The maximum atomic E-state index is 12.6. The van der Waals surface area contributed by atoms with E-state index in [0.717, 1.165) is 22.9 Å². The van der Waals surface area contributed by atoms with Gasteiger partial charge in [0.1, 0.15) is 12.0 Å². The number of ether oxygens (including phenoxy) is 1. The van der Waals surface area contributed by atoms with E-state index in [1.807, 2.05) is 30.3 Å². The number of piperidine rings is 1. The topological polar surface area (TPSA) is 78.0 Å². The Labute approximate surface area is 167 Å². The first-order valence-corrected chi connectivity index (χ1v) is 9.18. The zero-order valence-electron chi connectivity index (χ0n) is 15.9. The molecule has 0 aliphatic carbocycles. The minimum atomic E-state index is -0.572. The number of nitrogens with zero attached hydrogens (tertiary/aromatic N) is 1.